The number of hydrogen-bond acceptors (Lipinski definition) is 4. The van der Waals surface area contributed by atoms with Crippen molar-refractivity contribution >= 4 is 11.9 Å². The van der Waals surface area contributed by atoms with Crippen molar-refractivity contribution in [3.8, 4) is 5.75 Å². The van der Waals surface area contributed by atoms with E-state index in [1.807, 2.05) is 4.90 Å². The minimum atomic E-state index is -2.85. The molecule has 1 heterocycles. The van der Waals surface area contributed by atoms with E-state index in [1.165, 1.54) is 6.07 Å². The van der Waals surface area contributed by atoms with E-state index in [0.717, 1.165) is 32.7 Å². The summed E-state index contributed by atoms with van der Waals surface area (Å²) in [6.07, 6.45) is 0. The highest BCUT2D eigenvalue weighted by atomic mass is 19.3. The standard InChI is InChI=1S/C18H27F2N5O2/c1-14(26)25-11-9-24(10-12-25)8-7-22-18(21-2)23-13-15-5-3-4-6-16(15)27-17(19)20/h3-6,17H,7-13H2,1-2H3,(H2,21,22,23). The smallest absolute Gasteiger partial charge is 0.387 e. The van der Waals surface area contributed by atoms with Crippen LogP contribution < -0.4 is 15.4 Å². The molecule has 2 N–H and O–H groups in total. The van der Waals surface area contributed by atoms with Crippen molar-refractivity contribution in [3.63, 3.8) is 0 Å². The second kappa shape index (κ2) is 10.7. The molecule has 1 saturated heterocycles. The second-order valence-corrected chi connectivity index (χ2v) is 6.19. The van der Waals surface area contributed by atoms with Crippen molar-refractivity contribution in [2.75, 3.05) is 46.3 Å². The van der Waals surface area contributed by atoms with Gasteiger partial charge in [-0.1, -0.05) is 18.2 Å². The zero-order valence-electron chi connectivity index (χ0n) is 15.8. The maximum absolute atomic E-state index is 12.5. The molecule has 0 bridgehead atoms. The van der Waals surface area contributed by atoms with Gasteiger partial charge in [-0.05, 0) is 6.07 Å². The fourth-order valence-corrected chi connectivity index (χ4v) is 2.88. The fourth-order valence-electron chi connectivity index (χ4n) is 2.88. The molecule has 0 atom stereocenters. The van der Waals surface area contributed by atoms with Gasteiger partial charge in [0.2, 0.25) is 5.91 Å². The van der Waals surface area contributed by atoms with Crippen molar-refractivity contribution in [2.24, 2.45) is 4.99 Å². The number of benzene rings is 1. The predicted octanol–water partition coefficient (Wildman–Crippen LogP) is 1.12. The summed E-state index contributed by atoms with van der Waals surface area (Å²) in [5, 5.41) is 6.31. The van der Waals surface area contributed by atoms with Crippen molar-refractivity contribution in [1.82, 2.24) is 20.4 Å². The fraction of sp³-hybridized carbons (Fsp3) is 0.556. The van der Waals surface area contributed by atoms with E-state index in [9.17, 15) is 13.6 Å². The Morgan fingerprint density at radius 2 is 1.93 bits per heavy atom. The molecule has 2 rings (SSSR count). The number of alkyl halides is 2. The molecule has 0 aromatic heterocycles. The number of nitrogens with zero attached hydrogens (tertiary/aromatic N) is 3. The van der Waals surface area contributed by atoms with Crippen molar-refractivity contribution in [1.29, 1.82) is 0 Å². The number of hydrogen-bond donors (Lipinski definition) is 2. The largest absolute Gasteiger partial charge is 0.434 e. The van der Waals surface area contributed by atoms with Crippen LogP contribution in [0, 0.1) is 0 Å². The molecule has 1 aromatic rings. The molecule has 0 radical (unpaired) electrons. The van der Waals surface area contributed by atoms with E-state index in [1.54, 1.807) is 32.2 Å². The molecule has 0 unspecified atom stereocenters. The number of halogens is 2. The van der Waals surface area contributed by atoms with E-state index in [-0.39, 0.29) is 11.7 Å². The molecular formula is C18H27F2N5O2. The minimum absolute atomic E-state index is 0.119. The lowest BCUT2D eigenvalue weighted by Crippen LogP contribution is -2.50. The van der Waals surface area contributed by atoms with Crippen LogP contribution in [0.4, 0.5) is 8.78 Å². The second-order valence-electron chi connectivity index (χ2n) is 6.19. The molecular weight excluding hydrogens is 356 g/mol. The Morgan fingerprint density at radius 1 is 1.22 bits per heavy atom. The summed E-state index contributed by atoms with van der Waals surface area (Å²) in [6, 6.07) is 6.67. The Labute approximate surface area is 158 Å². The highest BCUT2D eigenvalue weighted by Crippen LogP contribution is 2.19. The molecule has 1 amide bonds. The van der Waals surface area contributed by atoms with Crippen LogP contribution in [0.2, 0.25) is 0 Å². The molecule has 1 aliphatic rings. The molecule has 9 heteroatoms. The van der Waals surface area contributed by atoms with E-state index >= 15 is 0 Å². The SMILES string of the molecule is CN=C(NCCN1CCN(C(C)=O)CC1)NCc1ccccc1OC(F)F. The van der Waals surface area contributed by atoms with Crippen LogP contribution in [0.1, 0.15) is 12.5 Å². The number of carbonyl (C=O) groups excluding carboxylic acids is 1. The summed E-state index contributed by atoms with van der Waals surface area (Å²) in [5.41, 5.74) is 0.626. The monoisotopic (exact) mass is 383 g/mol. The van der Waals surface area contributed by atoms with Gasteiger partial charge in [0, 0.05) is 65.3 Å². The molecule has 0 spiro atoms. The summed E-state index contributed by atoms with van der Waals surface area (Å²) < 4.78 is 29.5. The number of piperazine rings is 1. The number of ether oxygens (including phenoxy) is 1. The molecule has 27 heavy (non-hydrogen) atoms. The van der Waals surface area contributed by atoms with Crippen molar-refractivity contribution < 1.29 is 18.3 Å². The lowest BCUT2D eigenvalue weighted by Gasteiger charge is -2.34. The Hall–Kier alpha value is -2.42. The Bertz CT molecular complexity index is 634. The van der Waals surface area contributed by atoms with Crippen molar-refractivity contribution in [2.45, 2.75) is 20.1 Å². The minimum Gasteiger partial charge on any atom is -0.434 e. The zero-order chi connectivity index (χ0) is 19.6. The highest BCUT2D eigenvalue weighted by Gasteiger charge is 2.18. The molecule has 1 aromatic carbocycles. The zero-order valence-corrected chi connectivity index (χ0v) is 15.8. The van der Waals surface area contributed by atoms with Crippen LogP contribution in [0.3, 0.4) is 0 Å². The third kappa shape index (κ3) is 7.01. The van der Waals surface area contributed by atoms with Gasteiger partial charge in [-0.3, -0.25) is 14.7 Å². The number of para-hydroxylation sites is 1. The van der Waals surface area contributed by atoms with Crippen LogP contribution in [-0.2, 0) is 11.3 Å². The number of rotatable bonds is 7. The highest BCUT2D eigenvalue weighted by molar-refractivity contribution is 5.79. The molecule has 0 aliphatic carbocycles. The van der Waals surface area contributed by atoms with Gasteiger partial charge in [0.1, 0.15) is 5.75 Å². The summed E-state index contributed by atoms with van der Waals surface area (Å²) >= 11 is 0. The predicted molar refractivity (Wildman–Crippen MR) is 100.0 cm³/mol. The normalized spacial score (nSPS) is 15.7. The maximum atomic E-state index is 12.5. The first-order valence-electron chi connectivity index (χ1n) is 8.94. The molecule has 1 aliphatic heterocycles. The van der Waals surface area contributed by atoms with Crippen LogP contribution in [0.15, 0.2) is 29.3 Å². The van der Waals surface area contributed by atoms with Crippen LogP contribution >= 0.6 is 0 Å². The van der Waals surface area contributed by atoms with Gasteiger partial charge in [-0.15, -0.1) is 0 Å². The van der Waals surface area contributed by atoms with E-state index in [2.05, 4.69) is 25.3 Å². The average Bonchev–Trinajstić information content (AvgIpc) is 2.65. The number of amides is 1. The first kappa shape index (κ1) is 20.9. The summed E-state index contributed by atoms with van der Waals surface area (Å²) in [6.45, 7) is 3.79. The van der Waals surface area contributed by atoms with Gasteiger partial charge < -0.3 is 20.3 Å². The number of aliphatic imine (C=N–C) groups is 1. The first-order valence-corrected chi connectivity index (χ1v) is 8.94. The quantitative estimate of drug-likeness (QED) is 0.546. The third-order valence-electron chi connectivity index (χ3n) is 4.40. The molecule has 7 nitrogen and oxygen atoms in total. The molecule has 150 valence electrons. The van der Waals surface area contributed by atoms with E-state index < -0.39 is 6.61 Å². The van der Waals surface area contributed by atoms with Crippen LogP contribution in [-0.4, -0.2) is 74.6 Å². The Morgan fingerprint density at radius 3 is 2.56 bits per heavy atom. The Kier molecular flexibility index (Phi) is 8.25. The number of nitrogens with one attached hydrogen (secondary N) is 2. The topological polar surface area (TPSA) is 69.2 Å². The summed E-state index contributed by atoms with van der Waals surface area (Å²) in [4.78, 5) is 19.6. The van der Waals surface area contributed by atoms with Crippen molar-refractivity contribution in [3.05, 3.63) is 29.8 Å². The van der Waals surface area contributed by atoms with Gasteiger partial charge in [-0.2, -0.15) is 8.78 Å². The van der Waals surface area contributed by atoms with Crippen LogP contribution in [0.5, 0.6) is 5.75 Å². The van der Waals surface area contributed by atoms with E-state index in [0.29, 0.717) is 24.6 Å². The summed E-state index contributed by atoms with van der Waals surface area (Å²) in [5.74, 6) is 0.858. The first-order chi connectivity index (χ1) is 13.0. The lowest BCUT2D eigenvalue weighted by atomic mass is 10.2. The number of carbonyl (C=O) groups is 1. The van der Waals surface area contributed by atoms with Gasteiger partial charge in [0.15, 0.2) is 5.96 Å². The summed E-state index contributed by atoms with van der Waals surface area (Å²) in [7, 11) is 1.66. The van der Waals surface area contributed by atoms with Gasteiger partial charge in [-0.25, -0.2) is 0 Å². The third-order valence-corrected chi connectivity index (χ3v) is 4.40. The van der Waals surface area contributed by atoms with Crippen LogP contribution in [0.25, 0.3) is 0 Å². The van der Waals surface area contributed by atoms with Gasteiger partial charge in [0.05, 0.1) is 0 Å². The van der Waals surface area contributed by atoms with Gasteiger partial charge in [0.25, 0.3) is 0 Å². The van der Waals surface area contributed by atoms with E-state index in [4.69, 9.17) is 0 Å². The van der Waals surface area contributed by atoms with Gasteiger partial charge >= 0.3 is 6.61 Å². The Balaban J connectivity index is 1.73. The molecule has 1 fully saturated rings. The lowest BCUT2D eigenvalue weighted by molar-refractivity contribution is -0.130. The molecule has 0 saturated carbocycles. The average molecular weight is 383 g/mol. The maximum Gasteiger partial charge on any atom is 0.387 e. The number of guanidine groups is 1.